The third kappa shape index (κ3) is 4.85. The molecule has 2 fully saturated rings. The van der Waals surface area contributed by atoms with Crippen LogP contribution in [0.5, 0.6) is 0 Å². The highest BCUT2D eigenvalue weighted by atomic mass is 35.6. The van der Waals surface area contributed by atoms with E-state index in [4.69, 9.17) is 34.8 Å². The Morgan fingerprint density at radius 2 is 1.80 bits per heavy atom. The van der Waals surface area contributed by atoms with Crippen molar-refractivity contribution in [1.29, 1.82) is 0 Å². The van der Waals surface area contributed by atoms with Crippen molar-refractivity contribution in [1.82, 2.24) is 10.2 Å². The van der Waals surface area contributed by atoms with E-state index in [-0.39, 0.29) is 11.7 Å². The Morgan fingerprint density at radius 3 is 2.37 bits per heavy atom. The number of alkyl halides is 6. The van der Waals surface area contributed by atoms with Crippen molar-refractivity contribution in [2.24, 2.45) is 4.99 Å². The molecule has 1 unspecified atom stereocenters. The Balaban J connectivity index is 2.03. The maximum absolute atomic E-state index is 13.1. The topological polar surface area (TPSA) is 65.0 Å². The molecule has 12 heteroatoms. The molecule has 1 N–H and O–H groups in total. The first-order valence-corrected chi connectivity index (χ1v) is 10.2. The number of halogens is 6. The fourth-order valence-electron chi connectivity index (χ4n) is 3.38. The number of imide groups is 1. The molecule has 1 saturated heterocycles. The van der Waals surface area contributed by atoms with Crippen molar-refractivity contribution < 1.29 is 22.8 Å². The Morgan fingerprint density at radius 1 is 1.17 bits per heavy atom. The van der Waals surface area contributed by atoms with Crippen LogP contribution in [0.3, 0.4) is 0 Å². The van der Waals surface area contributed by atoms with Crippen LogP contribution in [0.1, 0.15) is 31.2 Å². The van der Waals surface area contributed by atoms with Crippen LogP contribution in [-0.2, 0) is 11.0 Å². The van der Waals surface area contributed by atoms with Crippen molar-refractivity contribution in [2.45, 2.75) is 47.9 Å². The van der Waals surface area contributed by atoms with Gasteiger partial charge in [-0.3, -0.25) is 15.0 Å². The molecule has 164 valence electrons. The van der Waals surface area contributed by atoms with E-state index in [0.717, 1.165) is 53.7 Å². The molecule has 0 spiro atoms. The zero-order valence-electron chi connectivity index (χ0n) is 15.7. The van der Waals surface area contributed by atoms with E-state index in [9.17, 15) is 22.8 Å². The predicted molar refractivity (Wildman–Crippen MR) is 109 cm³/mol. The highest BCUT2D eigenvalue weighted by molar-refractivity contribution is 6.68. The molecule has 6 nitrogen and oxygen atoms in total. The molecule has 1 heterocycles. The molecule has 1 atom stereocenters. The second-order valence-electron chi connectivity index (χ2n) is 7.08. The van der Waals surface area contributed by atoms with Crippen molar-refractivity contribution >= 4 is 58.3 Å². The van der Waals surface area contributed by atoms with Gasteiger partial charge in [0, 0.05) is 13.1 Å². The summed E-state index contributed by atoms with van der Waals surface area (Å²) in [5.41, 5.74) is -1.15. The van der Waals surface area contributed by atoms with Crippen LogP contribution in [0.25, 0.3) is 0 Å². The van der Waals surface area contributed by atoms with Crippen LogP contribution >= 0.6 is 34.8 Å². The van der Waals surface area contributed by atoms with Crippen molar-refractivity contribution in [3.63, 3.8) is 0 Å². The molecule has 1 aromatic carbocycles. The summed E-state index contributed by atoms with van der Waals surface area (Å²) >= 11 is 18.1. The molecule has 1 aliphatic carbocycles. The first-order chi connectivity index (χ1) is 13.9. The van der Waals surface area contributed by atoms with Gasteiger partial charge in [0.05, 0.1) is 11.3 Å². The first kappa shape index (κ1) is 23.1. The highest BCUT2D eigenvalue weighted by Gasteiger charge is 2.44. The summed E-state index contributed by atoms with van der Waals surface area (Å²) in [6, 6.07) is 3.16. The Bertz CT molecular complexity index is 867. The summed E-state index contributed by atoms with van der Waals surface area (Å²) in [6.07, 6.45) is -2.19. The van der Waals surface area contributed by atoms with Crippen LogP contribution in [0.2, 0.25) is 0 Å². The average molecular weight is 486 g/mol. The van der Waals surface area contributed by atoms with E-state index < -0.39 is 39.5 Å². The monoisotopic (exact) mass is 484 g/mol. The summed E-state index contributed by atoms with van der Waals surface area (Å²) in [6.45, 7) is 0. The van der Waals surface area contributed by atoms with Gasteiger partial charge in [-0.2, -0.15) is 13.2 Å². The summed E-state index contributed by atoms with van der Waals surface area (Å²) in [7, 11) is 1.20. The fourth-order valence-corrected chi connectivity index (χ4v) is 3.72. The first-order valence-electron chi connectivity index (χ1n) is 9.09. The molecule has 1 saturated carbocycles. The van der Waals surface area contributed by atoms with Crippen LogP contribution in [0.4, 0.5) is 23.7 Å². The van der Waals surface area contributed by atoms with Crippen LogP contribution in [-0.4, -0.2) is 45.7 Å². The lowest BCUT2D eigenvalue weighted by atomic mass is 10.2. The quantitative estimate of drug-likeness (QED) is 0.495. The fraction of sp³-hybridized carbons (Fsp3) is 0.500. The highest BCUT2D eigenvalue weighted by Crippen LogP contribution is 2.35. The number of carbonyl (C=O) groups is 2. The predicted octanol–water partition coefficient (Wildman–Crippen LogP) is 4.73. The van der Waals surface area contributed by atoms with Gasteiger partial charge in [0.15, 0.2) is 0 Å². The number of hydrogen-bond donors (Lipinski definition) is 1. The van der Waals surface area contributed by atoms with Crippen molar-refractivity contribution in [3.8, 4) is 0 Å². The second-order valence-corrected chi connectivity index (χ2v) is 9.44. The van der Waals surface area contributed by atoms with E-state index in [2.05, 4.69) is 10.3 Å². The van der Waals surface area contributed by atoms with Crippen molar-refractivity contribution in [2.75, 3.05) is 11.9 Å². The Kier molecular flexibility index (Phi) is 6.57. The molecule has 3 amide bonds. The number of hydrogen-bond acceptors (Lipinski definition) is 4. The number of aliphatic imine (C=N–C) groups is 1. The normalized spacial score (nSPS) is 21.2. The maximum atomic E-state index is 13.1. The van der Waals surface area contributed by atoms with Crippen LogP contribution in [0.15, 0.2) is 29.3 Å². The zero-order valence-corrected chi connectivity index (χ0v) is 18.0. The lowest BCUT2D eigenvalue weighted by Gasteiger charge is -2.26. The van der Waals surface area contributed by atoms with Crippen LogP contribution in [0, 0.1) is 0 Å². The number of anilines is 1. The summed E-state index contributed by atoms with van der Waals surface area (Å²) in [5.74, 6) is -1.24. The van der Waals surface area contributed by atoms with Gasteiger partial charge in [-0.25, -0.2) is 14.7 Å². The molecule has 30 heavy (non-hydrogen) atoms. The minimum absolute atomic E-state index is 0.00178. The number of amides is 3. The number of urea groups is 1. The van der Waals surface area contributed by atoms with E-state index in [1.807, 2.05) is 0 Å². The number of likely N-dealkylation sites (N-methyl/N-ethyl adjacent to an activating group) is 1. The smallest absolute Gasteiger partial charge is 0.289 e. The third-order valence-corrected chi connectivity index (χ3v) is 5.55. The van der Waals surface area contributed by atoms with Gasteiger partial charge in [-0.15, -0.1) is 0 Å². The van der Waals surface area contributed by atoms with Gasteiger partial charge in [-0.05, 0) is 31.0 Å². The number of nitrogens with one attached hydrogen (secondary N) is 1. The Hall–Kier alpha value is -1.55. The van der Waals surface area contributed by atoms with E-state index in [0.29, 0.717) is 0 Å². The van der Waals surface area contributed by atoms with Gasteiger partial charge in [0.1, 0.15) is 6.17 Å². The number of amidine groups is 1. The molecule has 0 radical (unpaired) electrons. The summed E-state index contributed by atoms with van der Waals surface area (Å²) < 4.78 is 37.4. The average Bonchev–Trinajstić information content (AvgIpc) is 3.23. The van der Waals surface area contributed by atoms with E-state index >= 15 is 0 Å². The standard InChI is InChI=1S/C18H18Cl3F3N4O2/c1-27-14(29)13(26-15(17(19,20)21)25-11-6-2-3-7-11)28(16(27)30)12-8-4-5-10(9-12)18(22,23)24/h4-5,8-9,11,15,25H,2-3,6-7H2,1H3/b26-13+. The van der Waals surface area contributed by atoms with E-state index in [1.165, 1.54) is 13.1 Å². The summed E-state index contributed by atoms with van der Waals surface area (Å²) in [5, 5.41) is 3.07. The van der Waals surface area contributed by atoms with Gasteiger partial charge >= 0.3 is 12.2 Å². The lowest BCUT2D eigenvalue weighted by molar-refractivity contribution is -0.137. The minimum Gasteiger partial charge on any atom is -0.289 e. The van der Waals surface area contributed by atoms with Crippen LogP contribution < -0.4 is 10.2 Å². The van der Waals surface area contributed by atoms with E-state index in [1.54, 1.807) is 0 Å². The SMILES string of the molecule is CN1C(=O)/C(=N\C(NC2CCCC2)C(Cl)(Cl)Cl)N(c2cccc(C(F)(F)F)c2)C1=O. The lowest BCUT2D eigenvalue weighted by Crippen LogP contribution is -2.46. The number of benzene rings is 1. The number of carbonyl (C=O) groups excluding carboxylic acids is 2. The molecular formula is C18H18Cl3F3N4O2. The second kappa shape index (κ2) is 8.53. The van der Waals surface area contributed by atoms with Gasteiger partial charge in [0.2, 0.25) is 9.63 Å². The third-order valence-electron chi connectivity index (χ3n) is 4.93. The van der Waals surface area contributed by atoms with Gasteiger partial charge < -0.3 is 0 Å². The number of rotatable bonds is 4. The van der Waals surface area contributed by atoms with Gasteiger partial charge in [0.25, 0.3) is 5.91 Å². The Labute approximate surface area is 185 Å². The minimum atomic E-state index is -4.63. The largest absolute Gasteiger partial charge is 0.416 e. The molecule has 2 aliphatic rings. The molecule has 1 aliphatic heterocycles. The molecule has 1 aromatic rings. The molecule has 0 aromatic heterocycles. The molecule has 0 bridgehead atoms. The van der Waals surface area contributed by atoms with Crippen molar-refractivity contribution in [3.05, 3.63) is 29.8 Å². The zero-order chi connectivity index (χ0) is 22.3. The summed E-state index contributed by atoms with van der Waals surface area (Å²) in [4.78, 5) is 31.0. The molecular weight excluding hydrogens is 468 g/mol. The van der Waals surface area contributed by atoms with Gasteiger partial charge in [-0.1, -0.05) is 53.7 Å². The number of nitrogens with zero attached hydrogens (tertiary/aromatic N) is 3. The maximum Gasteiger partial charge on any atom is 0.416 e. The molecule has 3 rings (SSSR count).